The SMILES string of the molecule is O=C1CCNCC1Cc1ccc([N+](=O)[O-])c(F)c1. The van der Waals surface area contributed by atoms with E-state index >= 15 is 0 Å². The molecule has 5 nitrogen and oxygen atoms in total. The lowest BCUT2D eigenvalue weighted by atomic mass is 9.91. The Labute approximate surface area is 103 Å². The van der Waals surface area contributed by atoms with Crippen molar-refractivity contribution < 1.29 is 14.1 Å². The van der Waals surface area contributed by atoms with Crippen molar-refractivity contribution in [3.8, 4) is 0 Å². The van der Waals surface area contributed by atoms with E-state index in [-0.39, 0.29) is 11.7 Å². The molecule has 1 aliphatic rings. The van der Waals surface area contributed by atoms with Crippen LogP contribution in [-0.4, -0.2) is 23.8 Å². The lowest BCUT2D eigenvalue weighted by Crippen LogP contribution is -2.37. The number of benzene rings is 1. The summed E-state index contributed by atoms with van der Waals surface area (Å²) in [6.45, 7) is 1.27. The summed E-state index contributed by atoms with van der Waals surface area (Å²) in [5, 5.41) is 13.6. The molecule has 1 heterocycles. The summed E-state index contributed by atoms with van der Waals surface area (Å²) in [7, 11) is 0. The number of hydrogen-bond acceptors (Lipinski definition) is 4. The van der Waals surface area contributed by atoms with Gasteiger partial charge in [-0.05, 0) is 18.1 Å². The number of carbonyl (C=O) groups excluding carboxylic acids is 1. The number of rotatable bonds is 3. The van der Waals surface area contributed by atoms with Crippen molar-refractivity contribution in [2.75, 3.05) is 13.1 Å². The van der Waals surface area contributed by atoms with Gasteiger partial charge in [-0.25, -0.2) is 0 Å². The van der Waals surface area contributed by atoms with Gasteiger partial charge in [-0.1, -0.05) is 6.07 Å². The number of piperidine rings is 1. The summed E-state index contributed by atoms with van der Waals surface area (Å²) in [5.74, 6) is -0.860. The van der Waals surface area contributed by atoms with E-state index in [2.05, 4.69) is 5.32 Å². The summed E-state index contributed by atoms with van der Waals surface area (Å²) in [6, 6.07) is 3.79. The minimum absolute atomic E-state index is 0.160. The van der Waals surface area contributed by atoms with E-state index in [0.29, 0.717) is 31.5 Å². The second-order valence-electron chi connectivity index (χ2n) is 4.36. The maximum Gasteiger partial charge on any atom is 0.304 e. The van der Waals surface area contributed by atoms with Crippen molar-refractivity contribution in [1.82, 2.24) is 5.32 Å². The molecule has 1 aliphatic heterocycles. The Balaban J connectivity index is 2.12. The number of Topliss-reactive ketones (excluding diaryl/α,β-unsaturated/α-hetero) is 1. The van der Waals surface area contributed by atoms with E-state index in [0.717, 1.165) is 12.1 Å². The highest BCUT2D eigenvalue weighted by atomic mass is 19.1. The fourth-order valence-electron chi connectivity index (χ4n) is 2.10. The lowest BCUT2D eigenvalue weighted by Gasteiger charge is -2.21. The van der Waals surface area contributed by atoms with Gasteiger partial charge in [0.15, 0.2) is 0 Å². The van der Waals surface area contributed by atoms with Crippen molar-refractivity contribution in [2.45, 2.75) is 12.8 Å². The van der Waals surface area contributed by atoms with Gasteiger partial charge in [0.1, 0.15) is 5.78 Å². The molecule has 18 heavy (non-hydrogen) atoms. The Morgan fingerprint density at radius 3 is 2.89 bits per heavy atom. The van der Waals surface area contributed by atoms with Gasteiger partial charge in [0.2, 0.25) is 5.82 Å². The highest BCUT2D eigenvalue weighted by Gasteiger charge is 2.23. The van der Waals surface area contributed by atoms with Gasteiger partial charge >= 0.3 is 5.69 Å². The normalized spacial score (nSPS) is 19.8. The minimum Gasteiger partial charge on any atom is -0.316 e. The topological polar surface area (TPSA) is 72.2 Å². The van der Waals surface area contributed by atoms with Crippen LogP contribution in [0.4, 0.5) is 10.1 Å². The van der Waals surface area contributed by atoms with Crippen molar-refractivity contribution in [2.24, 2.45) is 5.92 Å². The molecule has 1 atom stereocenters. The van der Waals surface area contributed by atoms with Gasteiger partial charge in [-0.15, -0.1) is 0 Å². The van der Waals surface area contributed by atoms with Gasteiger partial charge in [-0.2, -0.15) is 4.39 Å². The Kier molecular flexibility index (Phi) is 3.66. The first-order valence-electron chi connectivity index (χ1n) is 5.74. The van der Waals surface area contributed by atoms with Crippen LogP contribution in [0.5, 0.6) is 0 Å². The molecule has 0 saturated carbocycles. The number of ketones is 1. The maximum absolute atomic E-state index is 13.4. The van der Waals surface area contributed by atoms with Crippen LogP contribution in [0.1, 0.15) is 12.0 Å². The fraction of sp³-hybridized carbons (Fsp3) is 0.417. The average Bonchev–Trinajstić information content (AvgIpc) is 2.32. The van der Waals surface area contributed by atoms with Crippen LogP contribution in [0.3, 0.4) is 0 Å². The molecule has 0 aromatic heterocycles. The molecule has 0 amide bonds. The van der Waals surface area contributed by atoms with Crippen LogP contribution in [0, 0.1) is 21.8 Å². The predicted octanol–water partition coefficient (Wildman–Crippen LogP) is 1.45. The standard InChI is InChI=1S/C12H13FN2O3/c13-10-6-8(1-2-11(10)15(17)18)5-9-7-14-4-3-12(9)16/h1-2,6,9,14H,3-5,7H2. The van der Waals surface area contributed by atoms with Gasteiger partial charge in [-0.3, -0.25) is 14.9 Å². The number of halogens is 1. The smallest absolute Gasteiger partial charge is 0.304 e. The third-order valence-electron chi connectivity index (χ3n) is 3.09. The molecule has 0 spiro atoms. The zero-order valence-corrected chi connectivity index (χ0v) is 9.69. The number of hydrogen-bond donors (Lipinski definition) is 1. The number of carbonyl (C=O) groups is 1. The van der Waals surface area contributed by atoms with E-state index in [4.69, 9.17) is 0 Å². The van der Waals surface area contributed by atoms with Crippen LogP contribution in [-0.2, 0) is 11.2 Å². The number of nitrogens with zero attached hydrogens (tertiary/aromatic N) is 1. The molecule has 1 saturated heterocycles. The molecule has 2 rings (SSSR count). The predicted molar refractivity (Wildman–Crippen MR) is 62.7 cm³/mol. The highest BCUT2D eigenvalue weighted by molar-refractivity contribution is 5.82. The molecule has 1 aromatic rings. The second kappa shape index (κ2) is 5.22. The quantitative estimate of drug-likeness (QED) is 0.653. The minimum atomic E-state index is -0.853. The average molecular weight is 252 g/mol. The molecule has 1 N–H and O–H groups in total. The number of nitro benzene ring substituents is 1. The van der Waals surface area contributed by atoms with E-state index in [9.17, 15) is 19.3 Å². The van der Waals surface area contributed by atoms with Crippen molar-refractivity contribution >= 4 is 11.5 Å². The van der Waals surface area contributed by atoms with Crippen molar-refractivity contribution in [3.05, 3.63) is 39.7 Å². The Morgan fingerprint density at radius 2 is 2.28 bits per heavy atom. The van der Waals surface area contributed by atoms with Crippen molar-refractivity contribution in [1.29, 1.82) is 0 Å². The molecular weight excluding hydrogens is 239 g/mol. The molecule has 0 aliphatic carbocycles. The molecule has 1 unspecified atom stereocenters. The molecule has 0 radical (unpaired) electrons. The maximum atomic E-state index is 13.4. The zero-order chi connectivity index (χ0) is 13.1. The van der Waals surface area contributed by atoms with E-state index < -0.39 is 16.4 Å². The highest BCUT2D eigenvalue weighted by Crippen LogP contribution is 2.21. The second-order valence-corrected chi connectivity index (χ2v) is 4.36. The first-order chi connectivity index (χ1) is 8.58. The van der Waals surface area contributed by atoms with E-state index in [1.807, 2.05) is 0 Å². The van der Waals surface area contributed by atoms with Gasteiger partial charge in [0.05, 0.1) is 4.92 Å². The van der Waals surface area contributed by atoms with Crippen LogP contribution < -0.4 is 5.32 Å². The van der Waals surface area contributed by atoms with Crippen LogP contribution >= 0.6 is 0 Å². The third-order valence-corrected chi connectivity index (χ3v) is 3.09. The van der Waals surface area contributed by atoms with Gasteiger partial charge < -0.3 is 5.32 Å². The van der Waals surface area contributed by atoms with E-state index in [1.165, 1.54) is 6.07 Å². The summed E-state index contributed by atoms with van der Waals surface area (Å²) < 4.78 is 13.4. The first-order valence-corrected chi connectivity index (χ1v) is 5.74. The summed E-state index contributed by atoms with van der Waals surface area (Å²) in [6.07, 6.45) is 0.904. The summed E-state index contributed by atoms with van der Waals surface area (Å²) >= 11 is 0. The molecule has 1 aromatic carbocycles. The third kappa shape index (κ3) is 2.70. The summed E-state index contributed by atoms with van der Waals surface area (Å²) in [5.41, 5.74) is 0.0759. The van der Waals surface area contributed by atoms with Crippen molar-refractivity contribution in [3.63, 3.8) is 0 Å². The molecule has 6 heteroatoms. The number of nitrogens with one attached hydrogen (secondary N) is 1. The molecule has 96 valence electrons. The van der Waals surface area contributed by atoms with Crippen LogP contribution in [0.2, 0.25) is 0 Å². The fourth-order valence-corrected chi connectivity index (χ4v) is 2.10. The van der Waals surface area contributed by atoms with Crippen LogP contribution in [0.15, 0.2) is 18.2 Å². The van der Waals surface area contributed by atoms with Gasteiger partial charge in [0.25, 0.3) is 0 Å². The molecule has 0 bridgehead atoms. The first kappa shape index (κ1) is 12.6. The monoisotopic (exact) mass is 252 g/mol. The molecular formula is C12H13FN2O3. The lowest BCUT2D eigenvalue weighted by molar-refractivity contribution is -0.387. The Morgan fingerprint density at radius 1 is 1.50 bits per heavy atom. The Bertz CT molecular complexity index is 490. The Hall–Kier alpha value is -1.82. The molecule has 1 fully saturated rings. The van der Waals surface area contributed by atoms with Crippen LogP contribution in [0.25, 0.3) is 0 Å². The zero-order valence-electron chi connectivity index (χ0n) is 9.69. The van der Waals surface area contributed by atoms with Gasteiger partial charge in [0, 0.05) is 31.5 Å². The van der Waals surface area contributed by atoms with E-state index in [1.54, 1.807) is 0 Å². The largest absolute Gasteiger partial charge is 0.316 e. The number of nitro groups is 1. The summed E-state index contributed by atoms with van der Waals surface area (Å²) in [4.78, 5) is 21.3.